The minimum Gasteiger partial charge on any atom is -0.330 e. The zero-order chi connectivity index (χ0) is 10.6. The largest absolute Gasteiger partial charge is 0.330 e. The zero-order valence-electron chi connectivity index (χ0n) is 10.1. The van der Waals surface area contributed by atoms with Gasteiger partial charge in [-0.05, 0) is 50.2 Å². The van der Waals surface area contributed by atoms with Gasteiger partial charge in [-0.3, -0.25) is 0 Å². The molecule has 1 aliphatic heterocycles. The molecule has 1 atom stereocenters. The van der Waals surface area contributed by atoms with Crippen LogP contribution in [-0.2, 0) is 0 Å². The molecule has 0 bridgehead atoms. The summed E-state index contributed by atoms with van der Waals surface area (Å²) in [4.78, 5) is 2.60. The number of nitrogens with two attached hydrogens (primary N) is 1. The maximum absolute atomic E-state index is 5.73. The summed E-state index contributed by atoms with van der Waals surface area (Å²) in [6.45, 7) is 11.5. The van der Waals surface area contributed by atoms with Crippen LogP contribution in [0.1, 0.15) is 40.0 Å². The van der Waals surface area contributed by atoms with Gasteiger partial charge in [0.05, 0.1) is 0 Å². The van der Waals surface area contributed by atoms with Crippen LogP contribution in [0.25, 0.3) is 0 Å². The Labute approximate surface area is 88.8 Å². The first-order chi connectivity index (χ1) is 6.53. The second-order valence-electron chi connectivity index (χ2n) is 5.67. The van der Waals surface area contributed by atoms with E-state index in [1.54, 1.807) is 0 Å². The highest BCUT2D eigenvalue weighted by Crippen LogP contribution is 2.21. The molecule has 1 aliphatic rings. The molecule has 0 aromatic carbocycles. The lowest BCUT2D eigenvalue weighted by Crippen LogP contribution is -2.37. The number of hydrogen-bond donors (Lipinski definition) is 1. The molecular formula is C12H26N2. The summed E-state index contributed by atoms with van der Waals surface area (Å²) in [5.41, 5.74) is 6.05. The number of piperidine rings is 1. The Kier molecular flexibility index (Phi) is 4.39. The van der Waals surface area contributed by atoms with Gasteiger partial charge in [0.25, 0.3) is 0 Å². The number of hydrogen-bond acceptors (Lipinski definition) is 2. The van der Waals surface area contributed by atoms with Crippen molar-refractivity contribution in [3.63, 3.8) is 0 Å². The molecule has 1 rings (SSSR count). The minimum atomic E-state index is 0.320. The summed E-state index contributed by atoms with van der Waals surface area (Å²) in [6, 6.07) is 0. The average molecular weight is 198 g/mol. The SMILES string of the molecule is CC1CCCN(CCC(C)(C)CN)C1. The summed E-state index contributed by atoms with van der Waals surface area (Å²) in [6.07, 6.45) is 4.03. The Bertz CT molecular complexity index is 166. The van der Waals surface area contributed by atoms with Crippen molar-refractivity contribution >= 4 is 0 Å². The van der Waals surface area contributed by atoms with Crippen LogP contribution in [0.15, 0.2) is 0 Å². The molecule has 2 nitrogen and oxygen atoms in total. The molecule has 1 heterocycles. The average Bonchev–Trinajstić information content (AvgIpc) is 2.15. The Balaban J connectivity index is 2.23. The van der Waals surface area contributed by atoms with Gasteiger partial charge in [-0.2, -0.15) is 0 Å². The van der Waals surface area contributed by atoms with E-state index in [1.807, 2.05) is 0 Å². The Hall–Kier alpha value is -0.0800. The van der Waals surface area contributed by atoms with Gasteiger partial charge >= 0.3 is 0 Å². The second-order valence-corrected chi connectivity index (χ2v) is 5.67. The zero-order valence-corrected chi connectivity index (χ0v) is 10.1. The fourth-order valence-corrected chi connectivity index (χ4v) is 2.05. The van der Waals surface area contributed by atoms with Gasteiger partial charge in [-0.1, -0.05) is 20.8 Å². The summed E-state index contributed by atoms with van der Waals surface area (Å²) in [5.74, 6) is 0.893. The standard InChI is InChI=1S/C12H26N2/c1-11-5-4-7-14(9-11)8-6-12(2,3)10-13/h11H,4-10,13H2,1-3H3. The predicted octanol–water partition coefficient (Wildman–Crippen LogP) is 2.09. The summed E-state index contributed by atoms with van der Waals surface area (Å²) >= 11 is 0. The van der Waals surface area contributed by atoms with Crippen LogP contribution >= 0.6 is 0 Å². The van der Waals surface area contributed by atoms with E-state index in [0.29, 0.717) is 5.41 Å². The molecule has 0 spiro atoms. The van der Waals surface area contributed by atoms with Gasteiger partial charge in [-0.15, -0.1) is 0 Å². The molecule has 0 aliphatic carbocycles. The lowest BCUT2D eigenvalue weighted by atomic mass is 9.89. The van der Waals surface area contributed by atoms with E-state index in [0.717, 1.165) is 12.5 Å². The third-order valence-electron chi connectivity index (χ3n) is 3.40. The Morgan fingerprint density at radius 3 is 2.71 bits per heavy atom. The number of likely N-dealkylation sites (tertiary alicyclic amines) is 1. The molecule has 0 radical (unpaired) electrons. The first-order valence-corrected chi connectivity index (χ1v) is 5.96. The Morgan fingerprint density at radius 2 is 2.14 bits per heavy atom. The molecule has 1 unspecified atom stereocenters. The van der Waals surface area contributed by atoms with Crippen molar-refractivity contribution in [3.05, 3.63) is 0 Å². The second kappa shape index (κ2) is 5.13. The monoisotopic (exact) mass is 198 g/mol. The number of nitrogens with zero attached hydrogens (tertiary/aromatic N) is 1. The van der Waals surface area contributed by atoms with Crippen molar-refractivity contribution in [2.24, 2.45) is 17.1 Å². The summed E-state index contributed by atoms with van der Waals surface area (Å²) in [5, 5.41) is 0. The van der Waals surface area contributed by atoms with E-state index in [1.165, 1.54) is 38.9 Å². The molecule has 0 saturated carbocycles. The topological polar surface area (TPSA) is 29.3 Å². The van der Waals surface area contributed by atoms with Crippen molar-refractivity contribution in [2.75, 3.05) is 26.2 Å². The molecule has 0 aromatic heterocycles. The first kappa shape index (κ1) is 12.0. The van der Waals surface area contributed by atoms with Gasteiger partial charge in [-0.25, -0.2) is 0 Å². The highest BCUT2D eigenvalue weighted by molar-refractivity contribution is 4.75. The first-order valence-electron chi connectivity index (χ1n) is 5.96. The van der Waals surface area contributed by atoms with Gasteiger partial charge in [0, 0.05) is 6.54 Å². The van der Waals surface area contributed by atoms with E-state index >= 15 is 0 Å². The third-order valence-corrected chi connectivity index (χ3v) is 3.40. The fourth-order valence-electron chi connectivity index (χ4n) is 2.05. The molecule has 2 N–H and O–H groups in total. The fraction of sp³-hybridized carbons (Fsp3) is 1.00. The van der Waals surface area contributed by atoms with Crippen molar-refractivity contribution < 1.29 is 0 Å². The quantitative estimate of drug-likeness (QED) is 0.749. The molecule has 0 amide bonds. The van der Waals surface area contributed by atoms with Crippen LogP contribution < -0.4 is 5.73 Å². The van der Waals surface area contributed by atoms with Crippen LogP contribution in [0.3, 0.4) is 0 Å². The van der Waals surface area contributed by atoms with Crippen molar-refractivity contribution in [2.45, 2.75) is 40.0 Å². The van der Waals surface area contributed by atoms with E-state index in [4.69, 9.17) is 5.73 Å². The highest BCUT2D eigenvalue weighted by atomic mass is 15.1. The van der Waals surface area contributed by atoms with Crippen LogP contribution in [0, 0.1) is 11.3 Å². The van der Waals surface area contributed by atoms with E-state index in [2.05, 4.69) is 25.7 Å². The van der Waals surface area contributed by atoms with Gasteiger partial charge in [0.15, 0.2) is 0 Å². The molecule has 84 valence electrons. The summed E-state index contributed by atoms with van der Waals surface area (Å²) < 4.78 is 0. The normalized spacial score (nSPS) is 25.3. The van der Waals surface area contributed by atoms with Gasteiger partial charge in [0.2, 0.25) is 0 Å². The molecule has 1 fully saturated rings. The Morgan fingerprint density at radius 1 is 1.43 bits per heavy atom. The van der Waals surface area contributed by atoms with Gasteiger partial charge < -0.3 is 10.6 Å². The maximum atomic E-state index is 5.73. The number of rotatable bonds is 4. The maximum Gasteiger partial charge on any atom is 0.000703 e. The highest BCUT2D eigenvalue weighted by Gasteiger charge is 2.20. The van der Waals surface area contributed by atoms with Crippen molar-refractivity contribution in [1.29, 1.82) is 0 Å². The molecule has 0 aromatic rings. The van der Waals surface area contributed by atoms with E-state index in [-0.39, 0.29) is 0 Å². The van der Waals surface area contributed by atoms with Crippen LogP contribution in [0.4, 0.5) is 0 Å². The van der Waals surface area contributed by atoms with E-state index in [9.17, 15) is 0 Å². The third kappa shape index (κ3) is 3.97. The lowest BCUT2D eigenvalue weighted by Gasteiger charge is -2.33. The smallest absolute Gasteiger partial charge is 0.000703 e. The van der Waals surface area contributed by atoms with Crippen molar-refractivity contribution in [3.8, 4) is 0 Å². The molecule has 14 heavy (non-hydrogen) atoms. The minimum absolute atomic E-state index is 0.320. The van der Waals surface area contributed by atoms with Crippen molar-refractivity contribution in [1.82, 2.24) is 4.90 Å². The molecule has 2 heteroatoms. The van der Waals surface area contributed by atoms with Crippen LogP contribution in [-0.4, -0.2) is 31.1 Å². The summed E-state index contributed by atoms with van der Waals surface area (Å²) in [7, 11) is 0. The van der Waals surface area contributed by atoms with Crippen LogP contribution in [0.2, 0.25) is 0 Å². The van der Waals surface area contributed by atoms with Crippen LogP contribution in [0.5, 0.6) is 0 Å². The molecular weight excluding hydrogens is 172 g/mol. The lowest BCUT2D eigenvalue weighted by molar-refractivity contribution is 0.159. The predicted molar refractivity (Wildman–Crippen MR) is 62.3 cm³/mol. The molecule has 1 saturated heterocycles. The van der Waals surface area contributed by atoms with Gasteiger partial charge in [0.1, 0.15) is 0 Å². The van der Waals surface area contributed by atoms with E-state index < -0.39 is 0 Å².